The van der Waals surface area contributed by atoms with Gasteiger partial charge in [-0.2, -0.15) is 0 Å². The minimum absolute atomic E-state index is 0.0282. The molecule has 0 spiro atoms. The average molecular weight is 444 g/mol. The molecule has 2 atom stereocenters. The third-order valence-corrected chi connectivity index (χ3v) is 6.81. The quantitative estimate of drug-likeness (QED) is 0.589. The molecule has 162 valence electrons. The topological polar surface area (TPSA) is 85.0 Å². The van der Waals surface area contributed by atoms with E-state index < -0.39 is 5.82 Å². The maximum absolute atomic E-state index is 13.4. The molecule has 0 saturated heterocycles. The molecule has 2 heterocycles. The van der Waals surface area contributed by atoms with Gasteiger partial charge in [-0.25, -0.2) is 14.4 Å². The van der Waals surface area contributed by atoms with Gasteiger partial charge in [-0.05, 0) is 55.7 Å². The zero-order valence-corrected chi connectivity index (χ0v) is 17.8. The van der Waals surface area contributed by atoms with Gasteiger partial charge in [-0.3, -0.25) is 4.79 Å². The van der Waals surface area contributed by atoms with Crippen LogP contribution < -0.4 is 10.6 Å². The number of oxazole rings is 1. The summed E-state index contributed by atoms with van der Waals surface area (Å²) < 4.78 is 20.5. The van der Waals surface area contributed by atoms with Crippen molar-refractivity contribution >= 4 is 29.2 Å². The Morgan fingerprint density at radius 2 is 2.00 bits per heavy atom. The van der Waals surface area contributed by atoms with Crippen LogP contribution in [0.2, 0.25) is 5.02 Å². The molecule has 2 aliphatic carbocycles. The van der Waals surface area contributed by atoms with E-state index in [9.17, 15) is 9.18 Å². The lowest BCUT2D eigenvalue weighted by atomic mass is 9.97. The van der Waals surface area contributed by atoms with Crippen LogP contribution in [-0.2, 0) is 7.05 Å². The van der Waals surface area contributed by atoms with Crippen LogP contribution in [0.25, 0.3) is 0 Å². The molecule has 31 heavy (non-hydrogen) atoms. The highest BCUT2D eigenvalue weighted by atomic mass is 35.5. The van der Waals surface area contributed by atoms with Gasteiger partial charge in [0.1, 0.15) is 17.8 Å². The molecule has 2 aromatic heterocycles. The lowest BCUT2D eigenvalue weighted by molar-refractivity contribution is 0.101. The number of halogens is 2. The number of hydrogen-bond acceptors (Lipinski definition) is 5. The number of hydrogen-bond donors (Lipinski definition) is 2. The molecule has 0 bridgehead atoms. The van der Waals surface area contributed by atoms with Crippen molar-refractivity contribution in [1.29, 1.82) is 0 Å². The molecular formula is C22H23ClFN5O2. The number of fused-ring (bicyclic) bond motifs is 1. The summed E-state index contributed by atoms with van der Waals surface area (Å²) in [5, 5.41) is 6.17. The van der Waals surface area contributed by atoms with Crippen molar-refractivity contribution in [3.63, 3.8) is 0 Å². The molecule has 2 saturated carbocycles. The molecule has 2 fully saturated rings. The van der Waals surface area contributed by atoms with E-state index in [0.717, 1.165) is 31.4 Å². The first-order chi connectivity index (χ1) is 15.0. The second-order valence-corrected chi connectivity index (χ2v) is 8.92. The normalized spacial score (nSPS) is 24.9. The van der Waals surface area contributed by atoms with E-state index in [4.69, 9.17) is 16.0 Å². The molecule has 0 aliphatic heterocycles. The Bertz CT molecular complexity index is 1090. The summed E-state index contributed by atoms with van der Waals surface area (Å²) in [5.41, 5.74) is 1.83. The molecule has 7 nitrogen and oxygen atoms in total. The molecule has 0 radical (unpaired) electrons. The number of imidazole rings is 1. The second kappa shape index (κ2) is 8.00. The number of nitrogens with zero attached hydrogens (tertiary/aromatic N) is 3. The van der Waals surface area contributed by atoms with Crippen LogP contribution in [0, 0.1) is 17.7 Å². The highest BCUT2D eigenvalue weighted by Gasteiger charge is 2.44. The summed E-state index contributed by atoms with van der Waals surface area (Å²) in [4.78, 5) is 21.7. The number of aromatic nitrogens is 3. The molecule has 2 N–H and O–H groups in total. The Balaban J connectivity index is 1.27. The van der Waals surface area contributed by atoms with Crippen LogP contribution in [0.4, 0.5) is 16.1 Å². The van der Waals surface area contributed by atoms with Gasteiger partial charge in [0.05, 0.1) is 23.2 Å². The average Bonchev–Trinajstić information content (AvgIpc) is 3.49. The van der Waals surface area contributed by atoms with E-state index in [2.05, 4.69) is 20.6 Å². The predicted octanol–water partition coefficient (Wildman–Crippen LogP) is 4.84. The molecule has 2 unspecified atom stereocenters. The van der Waals surface area contributed by atoms with Gasteiger partial charge in [0, 0.05) is 24.7 Å². The van der Waals surface area contributed by atoms with E-state index in [-0.39, 0.29) is 16.8 Å². The number of rotatable bonds is 5. The Labute approximate surface area is 184 Å². The first kappa shape index (κ1) is 20.1. The fraction of sp³-hybridized carbons (Fsp3) is 0.409. The predicted molar refractivity (Wildman–Crippen MR) is 115 cm³/mol. The number of carbonyl (C=O) groups excluding carboxylic acids is 1. The van der Waals surface area contributed by atoms with Crippen molar-refractivity contribution in [3.05, 3.63) is 59.2 Å². The van der Waals surface area contributed by atoms with Crippen molar-refractivity contribution in [1.82, 2.24) is 14.5 Å². The highest BCUT2D eigenvalue weighted by molar-refractivity contribution is 6.31. The monoisotopic (exact) mass is 443 g/mol. The second-order valence-electron chi connectivity index (χ2n) is 8.51. The fourth-order valence-electron chi connectivity index (χ4n) is 5.21. The lowest BCUT2D eigenvalue weighted by Gasteiger charge is -2.16. The summed E-state index contributed by atoms with van der Waals surface area (Å²) in [5.74, 6) is 0.640. The minimum atomic E-state index is -0.519. The third-order valence-electron chi connectivity index (χ3n) is 6.52. The maximum atomic E-state index is 13.4. The van der Waals surface area contributed by atoms with Crippen LogP contribution in [0.1, 0.15) is 47.8 Å². The highest BCUT2D eigenvalue weighted by Crippen LogP contribution is 2.51. The molecule has 5 rings (SSSR count). The van der Waals surface area contributed by atoms with Crippen molar-refractivity contribution < 1.29 is 13.6 Å². The summed E-state index contributed by atoms with van der Waals surface area (Å²) in [6.45, 7) is 0. The Morgan fingerprint density at radius 3 is 2.68 bits per heavy atom. The summed E-state index contributed by atoms with van der Waals surface area (Å²) in [6.07, 6.45) is 9.03. The van der Waals surface area contributed by atoms with Gasteiger partial charge >= 0.3 is 0 Å². The number of benzene rings is 1. The smallest absolute Gasteiger partial charge is 0.294 e. The Kier molecular flexibility index (Phi) is 5.17. The van der Waals surface area contributed by atoms with Crippen LogP contribution in [-0.4, -0.2) is 26.5 Å². The molecule has 2 aliphatic rings. The fourth-order valence-corrected chi connectivity index (χ4v) is 5.40. The summed E-state index contributed by atoms with van der Waals surface area (Å²) in [6, 6.07) is 5.08. The van der Waals surface area contributed by atoms with Gasteiger partial charge in [0.2, 0.25) is 0 Å². The first-order valence-electron chi connectivity index (χ1n) is 10.4. The molecule has 1 aromatic carbocycles. The summed E-state index contributed by atoms with van der Waals surface area (Å²) in [7, 11) is 1.81. The lowest BCUT2D eigenvalue weighted by Crippen LogP contribution is -2.19. The van der Waals surface area contributed by atoms with Gasteiger partial charge in [0.15, 0.2) is 0 Å². The van der Waals surface area contributed by atoms with Crippen LogP contribution >= 0.6 is 11.6 Å². The van der Waals surface area contributed by atoms with E-state index in [1.54, 1.807) is 23.4 Å². The van der Waals surface area contributed by atoms with E-state index in [1.807, 2.05) is 7.05 Å². The largest absolute Gasteiger partial charge is 0.432 e. The van der Waals surface area contributed by atoms with Crippen molar-refractivity contribution in [2.24, 2.45) is 18.9 Å². The van der Waals surface area contributed by atoms with E-state index >= 15 is 0 Å². The molecular weight excluding hydrogens is 421 g/mol. The van der Waals surface area contributed by atoms with Gasteiger partial charge in [0.25, 0.3) is 11.9 Å². The van der Waals surface area contributed by atoms with Crippen molar-refractivity contribution in [2.75, 3.05) is 10.6 Å². The molecule has 3 aromatic rings. The number of aryl methyl sites for hydroxylation is 1. The standard InChI is InChI=1S/C22H23ClFN5O2/c1-29-11-26-19(20(29)21(30)27-15-2-3-18(24)17(23)10-15)14-6-12-8-16(9-13(12)7-14)28-22-25-4-5-31-22/h2-5,10-14,16H,6-9H2,1H3,(H,25,28)(H,27,30). The number of carbonyl (C=O) groups is 1. The molecule has 1 amide bonds. The Morgan fingerprint density at radius 1 is 1.23 bits per heavy atom. The van der Waals surface area contributed by atoms with Crippen LogP contribution in [0.5, 0.6) is 0 Å². The van der Waals surface area contributed by atoms with E-state index in [0.29, 0.717) is 35.3 Å². The number of amides is 1. The first-order valence-corrected chi connectivity index (χ1v) is 10.8. The zero-order chi connectivity index (χ0) is 21.5. The Hall–Kier alpha value is -2.87. The van der Waals surface area contributed by atoms with E-state index in [1.165, 1.54) is 18.2 Å². The minimum Gasteiger partial charge on any atom is -0.432 e. The maximum Gasteiger partial charge on any atom is 0.294 e. The van der Waals surface area contributed by atoms with Crippen molar-refractivity contribution in [3.8, 4) is 0 Å². The third kappa shape index (κ3) is 3.92. The number of anilines is 2. The van der Waals surface area contributed by atoms with Gasteiger partial charge in [-0.15, -0.1) is 0 Å². The molecule has 9 heteroatoms. The summed E-state index contributed by atoms with van der Waals surface area (Å²) >= 11 is 5.84. The zero-order valence-electron chi connectivity index (χ0n) is 17.0. The van der Waals surface area contributed by atoms with Gasteiger partial charge in [-0.1, -0.05) is 11.6 Å². The SMILES string of the molecule is Cn1cnc(C2CC3CC(Nc4ncco4)CC3C2)c1C(=O)Nc1ccc(F)c(Cl)c1. The number of nitrogens with one attached hydrogen (secondary N) is 2. The van der Waals surface area contributed by atoms with Crippen LogP contribution in [0.15, 0.2) is 41.4 Å². The van der Waals surface area contributed by atoms with Crippen molar-refractivity contribution in [2.45, 2.75) is 37.6 Å². The van der Waals surface area contributed by atoms with Gasteiger partial charge < -0.3 is 19.6 Å². The van der Waals surface area contributed by atoms with Crippen LogP contribution in [0.3, 0.4) is 0 Å².